The second kappa shape index (κ2) is 11.4. The summed E-state index contributed by atoms with van der Waals surface area (Å²) in [4.78, 5) is 12.4. The standard InChI is InChI=1S/C25H26Cl2N2O6S/c1-15-11-21(34-3)22(35-4)13-23(15)36(32,33)29(14-24(30)28-2)20-10-9-16(26)12-18(20)25(31)17-7-5-6-8-19(17)27/h5-13,25,31H,14H2,1-4H3,(H,28,30). The fraction of sp³-hybridized carbons (Fsp3) is 0.240. The minimum atomic E-state index is -4.36. The van der Waals surface area contributed by atoms with E-state index in [4.69, 9.17) is 32.7 Å². The van der Waals surface area contributed by atoms with Crippen molar-refractivity contribution in [3.63, 3.8) is 0 Å². The highest BCUT2D eigenvalue weighted by Crippen LogP contribution is 2.39. The number of ether oxygens (including phenoxy) is 2. The summed E-state index contributed by atoms with van der Waals surface area (Å²) >= 11 is 12.5. The molecule has 3 rings (SSSR count). The molecule has 192 valence electrons. The Bertz CT molecular complexity index is 1380. The second-order valence-electron chi connectivity index (χ2n) is 7.78. The van der Waals surface area contributed by atoms with Crippen LogP contribution in [0, 0.1) is 6.92 Å². The van der Waals surface area contributed by atoms with Gasteiger partial charge in [-0.1, -0.05) is 41.4 Å². The molecule has 0 fully saturated rings. The van der Waals surface area contributed by atoms with E-state index in [1.54, 1.807) is 31.2 Å². The number of sulfonamides is 1. The van der Waals surface area contributed by atoms with Crippen LogP contribution in [0.5, 0.6) is 11.5 Å². The predicted octanol–water partition coefficient (Wildman–Crippen LogP) is 4.34. The van der Waals surface area contributed by atoms with Crippen molar-refractivity contribution >= 4 is 44.8 Å². The van der Waals surface area contributed by atoms with E-state index in [1.807, 2.05) is 0 Å². The molecule has 1 atom stereocenters. The lowest BCUT2D eigenvalue weighted by Gasteiger charge is -2.28. The van der Waals surface area contributed by atoms with E-state index >= 15 is 0 Å². The van der Waals surface area contributed by atoms with Gasteiger partial charge in [-0.25, -0.2) is 8.42 Å². The number of hydrogen-bond acceptors (Lipinski definition) is 6. The lowest BCUT2D eigenvalue weighted by Crippen LogP contribution is -2.40. The van der Waals surface area contributed by atoms with E-state index in [9.17, 15) is 18.3 Å². The average Bonchev–Trinajstić information content (AvgIpc) is 2.86. The van der Waals surface area contributed by atoms with Crippen LogP contribution in [-0.4, -0.2) is 47.2 Å². The molecule has 3 aromatic rings. The monoisotopic (exact) mass is 552 g/mol. The molecule has 8 nitrogen and oxygen atoms in total. The van der Waals surface area contributed by atoms with E-state index < -0.39 is 28.6 Å². The Kier molecular flexibility index (Phi) is 8.73. The molecule has 1 unspecified atom stereocenters. The highest BCUT2D eigenvalue weighted by atomic mass is 35.5. The van der Waals surface area contributed by atoms with E-state index in [-0.39, 0.29) is 31.9 Å². The van der Waals surface area contributed by atoms with Gasteiger partial charge in [0.25, 0.3) is 10.0 Å². The summed E-state index contributed by atoms with van der Waals surface area (Å²) in [5, 5.41) is 14.3. The molecule has 0 radical (unpaired) electrons. The largest absolute Gasteiger partial charge is 0.493 e. The zero-order valence-corrected chi connectivity index (χ0v) is 22.4. The minimum Gasteiger partial charge on any atom is -0.493 e. The number of benzene rings is 3. The van der Waals surface area contributed by atoms with Crippen molar-refractivity contribution in [3.05, 3.63) is 81.3 Å². The van der Waals surface area contributed by atoms with Gasteiger partial charge < -0.3 is 19.9 Å². The number of methoxy groups -OCH3 is 2. The Morgan fingerprint density at radius 1 is 1.03 bits per heavy atom. The average molecular weight is 553 g/mol. The highest BCUT2D eigenvalue weighted by Gasteiger charge is 2.33. The summed E-state index contributed by atoms with van der Waals surface area (Å²) < 4.78 is 39.6. The van der Waals surface area contributed by atoms with E-state index in [2.05, 4.69) is 5.32 Å². The molecule has 0 aliphatic rings. The molecule has 0 saturated heterocycles. The third kappa shape index (κ3) is 5.54. The van der Waals surface area contributed by atoms with Gasteiger partial charge in [-0.2, -0.15) is 0 Å². The molecule has 0 saturated carbocycles. The van der Waals surface area contributed by atoms with E-state index in [0.29, 0.717) is 16.9 Å². The number of aryl methyl sites for hydroxylation is 1. The molecule has 2 N–H and O–H groups in total. The van der Waals surface area contributed by atoms with Gasteiger partial charge in [0.2, 0.25) is 5.91 Å². The van der Waals surface area contributed by atoms with Crippen molar-refractivity contribution in [1.29, 1.82) is 0 Å². The number of carbonyl (C=O) groups excluding carboxylic acids is 1. The van der Waals surface area contributed by atoms with Gasteiger partial charge in [0.15, 0.2) is 11.5 Å². The van der Waals surface area contributed by atoms with Crippen LogP contribution in [0.25, 0.3) is 0 Å². The Morgan fingerprint density at radius 2 is 1.67 bits per heavy atom. The first-order chi connectivity index (χ1) is 17.0. The highest BCUT2D eigenvalue weighted by molar-refractivity contribution is 7.93. The first kappa shape index (κ1) is 27.6. The smallest absolute Gasteiger partial charge is 0.265 e. The number of aliphatic hydroxyl groups is 1. The van der Waals surface area contributed by atoms with Gasteiger partial charge >= 0.3 is 0 Å². The molecule has 3 aromatic carbocycles. The summed E-state index contributed by atoms with van der Waals surface area (Å²) in [7, 11) is -0.124. The molecule has 0 aliphatic heterocycles. The van der Waals surface area contributed by atoms with Crippen molar-refractivity contribution in [1.82, 2.24) is 5.32 Å². The molecule has 0 heterocycles. The summed E-state index contributed by atoms with van der Waals surface area (Å²) in [6.07, 6.45) is -1.33. The number of rotatable bonds is 9. The van der Waals surface area contributed by atoms with Crippen molar-refractivity contribution < 1.29 is 27.8 Å². The maximum Gasteiger partial charge on any atom is 0.265 e. The fourth-order valence-corrected chi connectivity index (χ4v) is 5.79. The zero-order chi connectivity index (χ0) is 26.6. The molecule has 0 aromatic heterocycles. The number of aliphatic hydroxyl groups excluding tert-OH is 1. The maximum atomic E-state index is 14.0. The number of likely N-dealkylation sites (N-methyl/N-ethyl adjacent to an activating group) is 1. The minimum absolute atomic E-state index is 0.0598. The van der Waals surface area contributed by atoms with E-state index in [1.165, 1.54) is 51.6 Å². The van der Waals surface area contributed by atoms with Crippen molar-refractivity contribution in [3.8, 4) is 11.5 Å². The quantitative estimate of drug-likeness (QED) is 0.409. The molecular formula is C25H26Cl2N2O6S. The molecule has 11 heteroatoms. The fourth-order valence-electron chi connectivity index (χ4n) is 3.70. The Morgan fingerprint density at radius 3 is 2.28 bits per heavy atom. The number of halogens is 2. The Hall–Kier alpha value is -2.98. The van der Waals surface area contributed by atoms with Gasteiger partial charge in [0, 0.05) is 34.3 Å². The lowest BCUT2D eigenvalue weighted by atomic mass is 9.99. The summed E-state index contributed by atoms with van der Waals surface area (Å²) in [5.74, 6) is -0.00744. The normalized spacial score (nSPS) is 12.1. The molecule has 36 heavy (non-hydrogen) atoms. The molecule has 0 spiro atoms. The maximum absolute atomic E-state index is 14.0. The van der Waals surface area contributed by atoms with Crippen molar-refractivity contribution in [2.75, 3.05) is 32.1 Å². The number of carbonyl (C=O) groups is 1. The number of nitrogens with one attached hydrogen (secondary N) is 1. The van der Waals surface area contributed by atoms with Crippen molar-refractivity contribution in [2.45, 2.75) is 17.9 Å². The van der Waals surface area contributed by atoms with E-state index in [0.717, 1.165) is 4.31 Å². The summed E-state index contributed by atoms with van der Waals surface area (Å²) in [6, 6.07) is 13.9. The van der Waals surface area contributed by atoms with Crippen molar-refractivity contribution in [2.24, 2.45) is 0 Å². The number of hydrogen-bond donors (Lipinski definition) is 2. The van der Waals surface area contributed by atoms with Crippen LogP contribution in [0.1, 0.15) is 22.8 Å². The SMILES string of the molecule is CNC(=O)CN(c1ccc(Cl)cc1C(O)c1ccccc1Cl)S(=O)(=O)c1cc(OC)c(OC)cc1C. The lowest BCUT2D eigenvalue weighted by molar-refractivity contribution is -0.119. The third-order valence-electron chi connectivity index (χ3n) is 5.57. The molecular weight excluding hydrogens is 527 g/mol. The van der Waals surface area contributed by atoms with Crippen LogP contribution < -0.4 is 19.1 Å². The van der Waals surface area contributed by atoms with Gasteiger partial charge in [0.05, 0.1) is 24.8 Å². The van der Waals surface area contributed by atoms with Gasteiger partial charge in [-0.3, -0.25) is 9.10 Å². The van der Waals surface area contributed by atoms with Crippen LogP contribution in [0.2, 0.25) is 10.0 Å². The molecule has 0 bridgehead atoms. The number of amides is 1. The molecule has 0 aliphatic carbocycles. The van der Waals surface area contributed by atoms with Crippen LogP contribution in [0.4, 0.5) is 5.69 Å². The third-order valence-corrected chi connectivity index (χ3v) is 8.05. The summed E-state index contributed by atoms with van der Waals surface area (Å²) in [5.41, 5.74) is 0.935. The van der Waals surface area contributed by atoms with Crippen LogP contribution in [0.3, 0.4) is 0 Å². The van der Waals surface area contributed by atoms with Crippen LogP contribution in [0.15, 0.2) is 59.5 Å². The van der Waals surface area contributed by atoms with Gasteiger partial charge in [-0.05, 0) is 42.8 Å². The van der Waals surface area contributed by atoms with Gasteiger partial charge in [0.1, 0.15) is 12.6 Å². The number of nitrogens with zero attached hydrogens (tertiary/aromatic N) is 1. The predicted molar refractivity (Wildman–Crippen MR) is 140 cm³/mol. The summed E-state index contributed by atoms with van der Waals surface area (Å²) in [6.45, 7) is 1.05. The van der Waals surface area contributed by atoms with Crippen LogP contribution >= 0.6 is 23.2 Å². The Balaban J connectivity index is 2.27. The Labute approximate surface area is 220 Å². The second-order valence-corrected chi connectivity index (χ2v) is 10.5. The van der Waals surface area contributed by atoms with Crippen LogP contribution in [-0.2, 0) is 14.8 Å². The zero-order valence-electron chi connectivity index (χ0n) is 20.1. The van der Waals surface area contributed by atoms with Gasteiger partial charge in [-0.15, -0.1) is 0 Å². The topological polar surface area (TPSA) is 105 Å². The molecule has 1 amide bonds. The first-order valence-electron chi connectivity index (χ1n) is 10.7. The number of anilines is 1. The first-order valence-corrected chi connectivity index (χ1v) is 12.9.